The van der Waals surface area contributed by atoms with Crippen LogP contribution in [0.1, 0.15) is 10.5 Å². The van der Waals surface area contributed by atoms with Crippen molar-refractivity contribution in [1.82, 2.24) is 19.4 Å². The number of carbonyl (C=O) groups is 1. The van der Waals surface area contributed by atoms with Gasteiger partial charge in [-0.1, -0.05) is 0 Å². The van der Waals surface area contributed by atoms with Crippen molar-refractivity contribution in [3.63, 3.8) is 0 Å². The minimum absolute atomic E-state index is 0.0774. The Morgan fingerprint density at radius 2 is 2.29 bits per heavy atom. The van der Waals surface area contributed by atoms with Crippen LogP contribution in [0.15, 0.2) is 12.3 Å². The van der Waals surface area contributed by atoms with Crippen molar-refractivity contribution in [3.05, 3.63) is 18.0 Å². The molecule has 1 amide bonds. The normalized spacial score (nSPS) is 26.3. The SMILES string of the molecule is Cn1nccc1C(=O)N1C[C@@H](O)[C@](O)(CNS(C)(=O)=O)C1. The molecule has 0 aliphatic carbocycles. The van der Waals surface area contributed by atoms with Crippen LogP contribution in [0.25, 0.3) is 0 Å². The lowest BCUT2D eigenvalue weighted by atomic mass is 10.0. The van der Waals surface area contributed by atoms with Crippen molar-refractivity contribution >= 4 is 15.9 Å². The number of nitrogens with one attached hydrogen (secondary N) is 1. The number of sulfonamides is 1. The van der Waals surface area contributed by atoms with Gasteiger partial charge in [0.05, 0.1) is 19.3 Å². The second-order valence-corrected chi connectivity index (χ2v) is 7.07. The van der Waals surface area contributed by atoms with Crippen molar-refractivity contribution in [2.75, 3.05) is 25.9 Å². The topological polar surface area (TPSA) is 125 Å². The maximum absolute atomic E-state index is 12.3. The molecule has 0 spiro atoms. The second kappa shape index (κ2) is 5.37. The van der Waals surface area contributed by atoms with E-state index < -0.39 is 21.7 Å². The number of aryl methyl sites for hydroxylation is 1. The Labute approximate surface area is 122 Å². The third-order valence-corrected chi connectivity index (χ3v) is 4.11. The molecule has 2 heterocycles. The fraction of sp³-hybridized carbons (Fsp3) is 0.636. The van der Waals surface area contributed by atoms with E-state index in [9.17, 15) is 23.4 Å². The largest absolute Gasteiger partial charge is 0.388 e. The molecule has 2 rings (SSSR count). The van der Waals surface area contributed by atoms with E-state index in [1.165, 1.54) is 21.8 Å². The molecule has 0 unspecified atom stereocenters. The third kappa shape index (κ3) is 3.40. The van der Waals surface area contributed by atoms with E-state index in [0.717, 1.165) is 6.26 Å². The van der Waals surface area contributed by atoms with Gasteiger partial charge in [0.1, 0.15) is 17.4 Å². The van der Waals surface area contributed by atoms with Crippen LogP contribution >= 0.6 is 0 Å². The zero-order valence-electron chi connectivity index (χ0n) is 11.7. The molecule has 1 aromatic heterocycles. The highest BCUT2D eigenvalue weighted by Gasteiger charge is 2.46. The van der Waals surface area contributed by atoms with Gasteiger partial charge in [0, 0.05) is 19.8 Å². The number of β-amino-alcohol motifs (C(OH)–C–C–N with tert-alkyl or cyclic N) is 2. The second-order valence-electron chi connectivity index (χ2n) is 5.24. The molecule has 9 nitrogen and oxygen atoms in total. The first-order valence-electron chi connectivity index (χ1n) is 6.25. The quantitative estimate of drug-likeness (QED) is 0.564. The molecule has 0 aromatic carbocycles. The molecule has 1 aromatic rings. The highest BCUT2D eigenvalue weighted by Crippen LogP contribution is 2.23. The highest BCUT2D eigenvalue weighted by atomic mass is 32.2. The fourth-order valence-electron chi connectivity index (χ4n) is 2.21. The fourth-order valence-corrected chi connectivity index (χ4v) is 2.72. The van der Waals surface area contributed by atoms with Crippen LogP contribution < -0.4 is 4.72 Å². The van der Waals surface area contributed by atoms with Crippen LogP contribution in [0.5, 0.6) is 0 Å². The number of hydrogen-bond acceptors (Lipinski definition) is 6. The molecule has 1 aliphatic heterocycles. The Hall–Kier alpha value is -1.49. The number of carbonyl (C=O) groups excluding carboxylic acids is 1. The van der Waals surface area contributed by atoms with Crippen molar-refractivity contribution < 1.29 is 23.4 Å². The summed E-state index contributed by atoms with van der Waals surface area (Å²) in [5.74, 6) is -0.385. The average Bonchev–Trinajstić information content (AvgIpc) is 2.91. The van der Waals surface area contributed by atoms with Crippen molar-refractivity contribution in [1.29, 1.82) is 0 Å². The summed E-state index contributed by atoms with van der Waals surface area (Å²) in [5, 5.41) is 24.1. The molecule has 21 heavy (non-hydrogen) atoms. The Kier molecular flexibility index (Phi) is 4.06. The van der Waals surface area contributed by atoms with Crippen molar-refractivity contribution in [2.45, 2.75) is 11.7 Å². The van der Waals surface area contributed by atoms with Gasteiger partial charge >= 0.3 is 0 Å². The van der Waals surface area contributed by atoms with Crippen LogP contribution in [0, 0.1) is 0 Å². The molecule has 0 saturated carbocycles. The average molecular weight is 318 g/mol. The molecular weight excluding hydrogens is 300 g/mol. The summed E-state index contributed by atoms with van der Waals surface area (Å²) in [6.07, 6.45) is 1.19. The number of aromatic nitrogens is 2. The molecule has 1 saturated heterocycles. The van der Waals surface area contributed by atoms with E-state index in [2.05, 4.69) is 9.82 Å². The summed E-state index contributed by atoms with van der Waals surface area (Å²) in [5.41, 5.74) is -1.39. The molecule has 10 heteroatoms. The predicted molar refractivity (Wildman–Crippen MR) is 72.9 cm³/mol. The van der Waals surface area contributed by atoms with Gasteiger partial charge in [-0.3, -0.25) is 9.48 Å². The van der Waals surface area contributed by atoms with Crippen LogP contribution in [-0.4, -0.2) is 76.8 Å². The highest BCUT2D eigenvalue weighted by molar-refractivity contribution is 7.88. The summed E-state index contributed by atoms with van der Waals surface area (Å²) >= 11 is 0. The van der Waals surface area contributed by atoms with Gasteiger partial charge in [0.15, 0.2) is 0 Å². The minimum atomic E-state index is -3.50. The first kappa shape index (κ1) is 15.9. The molecule has 2 atom stereocenters. The van der Waals surface area contributed by atoms with Gasteiger partial charge in [0.25, 0.3) is 5.91 Å². The molecule has 1 fully saturated rings. The Balaban J connectivity index is 2.10. The van der Waals surface area contributed by atoms with E-state index in [1.807, 2.05) is 0 Å². The number of nitrogens with zero attached hydrogens (tertiary/aromatic N) is 3. The first-order chi connectivity index (χ1) is 9.62. The van der Waals surface area contributed by atoms with E-state index in [-0.39, 0.29) is 25.5 Å². The van der Waals surface area contributed by atoms with Crippen LogP contribution in [0.3, 0.4) is 0 Å². The van der Waals surface area contributed by atoms with E-state index >= 15 is 0 Å². The van der Waals surface area contributed by atoms with Gasteiger partial charge in [0.2, 0.25) is 10.0 Å². The molecule has 0 bridgehead atoms. The van der Waals surface area contributed by atoms with Crippen molar-refractivity contribution in [3.8, 4) is 0 Å². The minimum Gasteiger partial charge on any atom is -0.388 e. The lowest BCUT2D eigenvalue weighted by Crippen LogP contribution is -2.51. The van der Waals surface area contributed by atoms with Gasteiger partial charge in [-0.15, -0.1) is 0 Å². The first-order valence-corrected chi connectivity index (χ1v) is 8.14. The van der Waals surface area contributed by atoms with Crippen molar-refractivity contribution in [2.24, 2.45) is 7.05 Å². The Bertz CT molecular complexity index is 643. The van der Waals surface area contributed by atoms with E-state index in [0.29, 0.717) is 5.69 Å². The van der Waals surface area contributed by atoms with Gasteiger partial charge < -0.3 is 15.1 Å². The molecule has 1 aliphatic rings. The van der Waals surface area contributed by atoms with Gasteiger partial charge in [-0.25, -0.2) is 13.1 Å². The third-order valence-electron chi connectivity index (χ3n) is 3.45. The summed E-state index contributed by atoms with van der Waals surface area (Å²) in [7, 11) is -1.89. The van der Waals surface area contributed by atoms with Gasteiger partial charge in [-0.05, 0) is 6.07 Å². The van der Waals surface area contributed by atoms with Crippen LogP contribution in [0.4, 0.5) is 0 Å². The van der Waals surface area contributed by atoms with Crippen LogP contribution in [-0.2, 0) is 17.1 Å². The predicted octanol–water partition coefficient (Wildman–Crippen LogP) is -2.48. The molecule has 118 valence electrons. The Morgan fingerprint density at radius 1 is 1.62 bits per heavy atom. The Morgan fingerprint density at radius 3 is 2.81 bits per heavy atom. The van der Waals surface area contributed by atoms with Crippen LogP contribution in [0.2, 0.25) is 0 Å². The molecular formula is C11H18N4O5S. The number of likely N-dealkylation sites (tertiary alicyclic amines) is 1. The monoisotopic (exact) mass is 318 g/mol. The number of aliphatic hydroxyl groups excluding tert-OH is 1. The number of rotatable bonds is 4. The maximum atomic E-state index is 12.3. The van der Waals surface area contributed by atoms with E-state index in [1.54, 1.807) is 7.05 Å². The molecule has 0 radical (unpaired) electrons. The summed E-state index contributed by atoms with van der Waals surface area (Å²) < 4.78 is 25.7. The standard InChI is InChI=1S/C11H18N4O5S/c1-14-8(3-4-12-14)10(17)15-5-9(16)11(18,7-15)6-13-21(2,19)20/h3-4,9,13,16,18H,5-7H2,1-2H3/t9-,11+/m1/s1. The lowest BCUT2D eigenvalue weighted by Gasteiger charge is -2.25. The maximum Gasteiger partial charge on any atom is 0.272 e. The summed E-state index contributed by atoms with van der Waals surface area (Å²) in [6.45, 7) is -0.602. The zero-order valence-corrected chi connectivity index (χ0v) is 12.5. The number of hydrogen-bond donors (Lipinski definition) is 3. The number of aliphatic hydroxyl groups is 2. The molecule has 3 N–H and O–H groups in total. The van der Waals surface area contributed by atoms with Gasteiger partial charge in [-0.2, -0.15) is 5.10 Å². The van der Waals surface area contributed by atoms with E-state index in [4.69, 9.17) is 0 Å². The lowest BCUT2D eigenvalue weighted by molar-refractivity contribution is -0.0352. The summed E-state index contributed by atoms with van der Waals surface area (Å²) in [4.78, 5) is 13.5. The smallest absolute Gasteiger partial charge is 0.272 e. The summed E-state index contributed by atoms with van der Waals surface area (Å²) in [6, 6.07) is 1.53. The number of amides is 1. The zero-order chi connectivity index (χ0) is 15.8.